The molecular weight excluding hydrogens is 310 g/mol. The number of rotatable bonds is 5. The van der Waals surface area contributed by atoms with Gasteiger partial charge in [0.25, 0.3) is 0 Å². The Kier molecular flexibility index (Phi) is 4.65. The van der Waals surface area contributed by atoms with Crippen molar-refractivity contribution in [2.24, 2.45) is 0 Å². The average molecular weight is 328 g/mol. The molecule has 1 atom stereocenters. The van der Waals surface area contributed by atoms with Gasteiger partial charge >= 0.3 is 0 Å². The summed E-state index contributed by atoms with van der Waals surface area (Å²) in [6.45, 7) is 7.34. The summed E-state index contributed by atoms with van der Waals surface area (Å²) >= 11 is 5.42. The van der Waals surface area contributed by atoms with E-state index in [1.54, 1.807) is 6.26 Å². The predicted molar refractivity (Wildman–Crippen MR) is 80.3 cm³/mol. The number of aryl methyl sites for hydroxylation is 2. The molecule has 0 fully saturated rings. The van der Waals surface area contributed by atoms with Gasteiger partial charge in [-0.05, 0) is 54.9 Å². The van der Waals surface area contributed by atoms with Crippen LogP contribution in [0.1, 0.15) is 40.5 Å². The van der Waals surface area contributed by atoms with Crippen molar-refractivity contribution in [3.05, 3.63) is 43.9 Å². The van der Waals surface area contributed by atoms with Gasteiger partial charge in [0.2, 0.25) is 0 Å². The van der Waals surface area contributed by atoms with E-state index in [0.717, 1.165) is 18.7 Å². The van der Waals surface area contributed by atoms with Crippen LogP contribution in [-0.2, 0) is 0 Å². The Morgan fingerprint density at radius 2 is 2.22 bits per heavy atom. The van der Waals surface area contributed by atoms with Crippen LogP contribution in [0.25, 0.3) is 0 Å². The van der Waals surface area contributed by atoms with E-state index in [-0.39, 0.29) is 6.04 Å². The first kappa shape index (κ1) is 13.8. The smallest absolute Gasteiger partial charge is 0.105 e. The van der Waals surface area contributed by atoms with Crippen molar-refractivity contribution >= 4 is 27.3 Å². The Bertz CT molecular complexity index is 498. The van der Waals surface area contributed by atoms with Crippen molar-refractivity contribution in [3.8, 4) is 0 Å². The van der Waals surface area contributed by atoms with Crippen LogP contribution < -0.4 is 5.32 Å². The molecule has 1 N–H and O–H groups in total. The van der Waals surface area contributed by atoms with E-state index >= 15 is 0 Å². The SMILES string of the molecule is CCCNC(c1cc(Br)c(C)s1)c1ccoc1C. The molecule has 2 nitrogen and oxygen atoms in total. The predicted octanol–water partition coefficient (Wildman–Crippen LogP) is 4.81. The Morgan fingerprint density at radius 3 is 2.72 bits per heavy atom. The molecule has 2 heterocycles. The minimum Gasteiger partial charge on any atom is -0.469 e. The minimum atomic E-state index is 0.235. The van der Waals surface area contributed by atoms with Gasteiger partial charge in [-0.3, -0.25) is 0 Å². The maximum absolute atomic E-state index is 5.44. The molecule has 0 aliphatic rings. The van der Waals surface area contributed by atoms with Gasteiger partial charge in [0.15, 0.2) is 0 Å². The zero-order valence-electron chi connectivity index (χ0n) is 10.9. The lowest BCUT2D eigenvalue weighted by molar-refractivity contribution is 0.518. The summed E-state index contributed by atoms with van der Waals surface area (Å²) in [6, 6.07) is 4.50. The van der Waals surface area contributed by atoms with Crippen molar-refractivity contribution in [2.45, 2.75) is 33.2 Å². The lowest BCUT2D eigenvalue weighted by atomic mass is 10.1. The summed E-state index contributed by atoms with van der Waals surface area (Å²) in [4.78, 5) is 2.65. The van der Waals surface area contributed by atoms with Gasteiger partial charge in [-0.2, -0.15) is 0 Å². The number of hydrogen-bond acceptors (Lipinski definition) is 3. The first-order chi connectivity index (χ1) is 8.63. The van der Waals surface area contributed by atoms with E-state index in [1.165, 1.54) is 19.8 Å². The Morgan fingerprint density at radius 1 is 1.44 bits per heavy atom. The highest BCUT2D eigenvalue weighted by atomic mass is 79.9. The summed E-state index contributed by atoms with van der Waals surface area (Å²) in [5, 5.41) is 3.60. The normalized spacial score (nSPS) is 12.9. The Balaban J connectivity index is 2.33. The van der Waals surface area contributed by atoms with Crippen LogP contribution in [0.4, 0.5) is 0 Å². The van der Waals surface area contributed by atoms with Crippen molar-refractivity contribution in [1.82, 2.24) is 5.32 Å². The molecule has 4 heteroatoms. The first-order valence-electron chi connectivity index (χ1n) is 6.16. The second-order valence-corrected chi connectivity index (χ2v) is 6.51. The van der Waals surface area contributed by atoms with E-state index in [4.69, 9.17) is 4.42 Å². The molecule has 0 aliphatic heterocycles. The fraction of sp³-hybridized carbons (Fsp3) is 0.429. The first-order valence-corrected chi connectivity index (χ1v) is 7.77. The highest BCUT2D eigenvalue weighted by Crippen LogP contribution is 2.35. The van der Waals surface area contributed by atoms with Crippen LogP contribution in [0.15, 0.2) is 27.3 Å². The molecule has 2 aromatic heterocycles. The van der Waals surface area contributed by atoms with Crippen molar-refractivity contribution in [1.29, 1.82) is 0 Å². The largest absolute Gasteiger partial charge is 0.469 e. The van der Waals surface area contributed by atoms with Gasteiger partial charge < -0.3 is 9.73 Å². The van der Waals surface area contributed by atoms with Crippen molar-refractivity contribution < 1.29 is 4.42 Å². The summed E-state index contributed by atoms with van der Waals surface area (Å²) in [7, 11) is 0. The zero-order chi connectivity index (χ0) is 13.1. The topological polar surface area (TPSA) is 25.2 Å². The quantitative estimate of drug-likeness (QED) is 0.852. The average Bonchev–Trinajstić information content (AvgIpc) is 2.88. The van der Waals surface area contributed by atoms with Crippen LogP contribution in [0.2, 0.25) is 0 Å². The van der Waals surface area contributed by atoms with Crippen molar-refractivity contribution in [2.75, 3.05) is 6.54 Å². The molecule has 1 unspecified atom stereocenters. The molecule has 0 aromatic carbocycles. The van der Waals surface area contributed by atoms with Gasteiger partial charge in [-0.25, -0.2) is 0 Å². The minimum absolute atomic E-state index is 0.235. The number of furan rings is 1. The molecule has 0 aliphatic carbocycles. The van der Waals surface area contributed by atoms with E-state index in [1.807, 2.05) is 18.3 Å². The van der Waals surface area contributed by atoms with Gasteiger partial charge in [-0.15, -0.1) is 11.3 Å². The number of hydrogen-bond donors (Lipinski definition) is 1. The third-order valence-electron chi connectivity index (χ3n) is 2.97. The molecule has 0 radical (unpaired) electrons. The van der Waals surface area contributed by atoms with E-state index in [0.29, 0.717) is 0 Å². The maximum Gasteiger partial charge on any atom is 0.105 e. The Hall–Kier alpha value is -0.580. The lowest BCUT2D eigenvalue weighted by Crippen LogP contribution is -2.22. The monoisotopic (exact) mass is 327 g/mol. The van der Waals surface area contributed by atoms with Gasteiger partial charge in [-0.1, -0.05) is 6.92 Å². The molecule has 2 aromatic rings. The molecule has 0 bridgehead atoms. The molecule has 0 saturated heterocycles. The van der Waals surface area contributed by atoms with Crippen LogP contribution >= 0.6 is 27.3 Å². The Labute approximate surface area is 121 Å². The fourth-order valence-electron chi connectivity index (χ4n) is 1.97. The fourth-order valence-corrected chi connectivity index (χ4v) is 3.63. The third-order valence-corrected chi connectivity index (χ3v) is 5.17. The number of thiophene rings is 1. The van der Waals surface area contributed by atoms with Gasteiger partial charge in [0.1, 0.15) is 5.76 Å². The van der Waals surface area contributed by atoms with E-state index < -0.39 is 0 Å². The van der Waals surface area contributed by atoms with E-state index in [2.05, 4.69) is 47.2 Å². The van der Waals surface area contributed by atoms with Crippen molar-refractivity contribution in [3.63, 3.8) is 0 Å². The number of halogens is 1. The standard InChI is InChI=1S/C14H18BrNOS/c1-4-6-16-14(11-5-7-17-9(11)2)13-8-12(15)10(3)18-13/h5,7-8,14,16H,4,6H2,1-3H3. The summed E-state index contributed by atoms with van der Waals surface area (Å²) in [5.74, 6) is 0.991. The van der Waals surface area contributed by atoms with E-state index in [9.17, 15) is 0 Å². The van der Waals surface area contributed by atoms with Crippen LogP contribution in [0.5, 0.6) is 0 Å². The molecule has 98 valence electrons. The number of nitrogens with one attached hydrogen (secondary N) is 1. The second kappa shape index (κ2) is 6.04. The van der Waals surface area contributed by atoms with Crippen LogP contribution in [0, 0.1) is 13.8 Å². The third kappa shape index (κ3) is 2.87. The maximum atomic E-state index is 5.44. The van der Waals surface area contributed by atoms with Crippen LogP contribution in [0.3, 0.4) is 0 Å². The lowest BCUT2D eigenvalue weighted by Gasteiger charge is -2.16. The highest BCUT2D eigenvalue weighted by Gasteiger charge is 2.20. The zero-order valence-corrected chi connectivity index (χ0v) is 13.3. The summed E-state index contributed by atoms with van der Waals surface area (Å²) in [6.07, 6.45) is 2.89. The molecule has 0 spiro atoms. The molecule has 2 rings (SSSR count). The molecular formula is C14H18BrNOS. The van der Waals surface area contributed by atoms with Gasteiger partial charge in [0.05, 0.1) is 12.3 Å². The van der Waals surface area contributed by atoms with Crippen LogP contribution in [-0.4, -0.2) is 6.54 Å². The summed E-state index contributed by atoms with van der Waals surface area (Å²) in [5.41, 5.74) is 1.23. The summed E-state index contributed by atoms with van der Waals surface area (Å²) < 4.78 is 6.62. The highest BCUT2D eigenvalue weighted by molar-refractivity contribution is 9.10. The molecule has 0 amide bonds. The molecule has 0 saturated carbocycles. The van der Waals surface area contributed by atoms with Gasteiger partial charge in [0, 0.05) is 19.8 Å². The molecule has 18 heavy (non-hydrogen) atoms. The second-order valence-electron chi connectivity index (χ2n) is 4.37.